The minimum atomic E-state index is -0.847. The monoisotopic (exact) mass is 334 g/mol. The van der Waals surface area contributed by atoms with Gasteiger partial charge < -0.3 is 14.8 Å². The van der Waals surface area contributed by atoms with E-state index in [2.05, 4.69) is 5.32 Å². The number of ether oxygens (including phenoxy) is 2. The molecule has 6 nitrogen and oxygen atoms in total. The lowest BCUT2D eigenvalue weighted by molar-refractivity contribution is -0.0400. The van der Waals surface area contributed by atoms with Gasteiger partial charge in [0.25, 0.3) is 0 Å². The first-order valence-electron chi connectivity index (χ1n) is 7.73. The topological polar surface area (TPSA) is 67.9 Å². The van der Waals surface area contributed by atoms with Gasteiger partial charge >= 0.3 is 6.09 Å². The zero-order valence-electron chi connectivity index (χ0n) is 14.5. The molecule has 0 aromatic carbocycles. The van der Waals surface area contributed by atoms with E-state index >= 15 is 0 Å². The summed E-state index contributed by atoms with van der Waals surface area (Å²) in [4.78, 5) is 14.1. The predicted octanol–water partition coefficient (Wildman–Crippen LogP) is 1.37. The van der Waals surface area contributed by atoms with Crippen molar-refractivity contribution >= 4 is 16.9 Å². The van der Waals surface area contributed by atoms with Gasteiger partial charge in [-0.25, -0.2) is 4.79 Å². The van der Waals surface area contributed by atoms with E-state index in [4.69, 9.17) is 9.47 Å². The van der Waals surface area contributed by atoms with Crippen molar-refractivity contribution in [1.29, 1.82) is 0 Å². The van der Waals surface area contributed by atoms with E-state index in [0.717, 1.165) is 0 Å². The van der Waals surface area contributed by atoms with Gasteiger partial charge in [-0.3, -0.25) is 9.11 Å². The fourth-order valence-electron chi connectivity index (χ4n) is 2.54. The lowest BCUT2D eigenvalue weighted by atomic mass is 10.1. The number of hydrogen-bond donors (Lipinski definition) is 1. The van der Waals surface area contributed by atoms with Crippen molar-refractivity contribution in [3.8, 4) is 0 Å². The van der Waals surface area contributed by atoms with Crippen molar-refractivity contribution in [2.24, 2.45) is 0 Å². The normalized spacial score (nSPS) is 23.7. The zero-order valence-corrected chi connectivity index (χ0v) is 15.4. The van der Waals surface area contributed by atoms with Gasteiger partial charge in [0.2, 0.25) is 0 Å². The molecule has 1 rings (SSSR count). The SMILES string of the molecule is CC(CS(C)=O)NC(C)C1COCCN1C(=O)OC(C)(C)C. The Kier molecular flexibility index (Phi) is 7.28. The van der Waals surface area contributed by atoms with Crippen LogP contribution in [0.4, 0.5) is 4.79 Å². The van der Waals surface area contributed by atoms with Crippen LogP contribution >= 0.6 is 0 Å². The van der Waals surface area contributed by atoms with E-state index in [1.165, 1.54) is 0 Å². The number of hydrogen-bond acceptors (Lipinski definition) is 5. The second-order valence-electron chi connectivity index (χ2n) is 6.91. The number of carbonyl (C=O) groups is 1. The van der Waals surface area contributed by atoms with Crippen LogP contribution in [0.3, 0.4) is 0 Å². The van der Waals surface area contributed by atoms with Crippen LogP contribution in [0.2, 0.25) is 0 Å². The summed E-state index contributed by atoms with van der Waals surface area (Å²) in [6.07, 6.45) is 1.39. The molecule has 0 bridgehead atoms. The molecular formula is C15H30N2O4S. The number of rotatable bonds is 5. The number of morpholine rings is 1. The maximum absolute atomic E-state index is 12.4. The molecule has 0 aromatic heterocycles. The van der Waals surface area contributed by atoms with Gasteiger partial charge in [-0.1, -0.05) is 0 Å². The number of amides is 1. The summed E-state index contributed by atoms with van der Waals surface area (Å²) < 4.78 is 22.3. The van der Waals surface area contributed by atoms with E-state index in [0.29, 0.717) is 25.5 Å². The van der Waals surface area contributed by atoms with Gasteiger partial charge in [0, 0.05) is 41.4 Å². The molecule has 1 fully saturated rings. The summed E-state index contributed by atoms with van der Waals surface area (Å²) in [5.41, 5.74) is -0.511. The van der Waals surface area contributed by atoms with Crippen LogP contribution in [0.5, 0.6) is 0 Å². The fraction of sp³-hybridized carbons (Fsp3) is 0.933. The maximum atomic E-state index is 12.4. The largest absolute Gasteiger partial charge is 0.444 e. The van der Waals surface area contributed by atoms with Crippen LogP contribution in [-0.4, -0.2) is 70.7 Å². The molecule has 1 heterocycles. The number of nitrogens with one attached hydrogen (secondary N) is 1. The standard InChI is InChI=1S/C15H30N2O4S/c1-11(10-22(6)19)16-12(2)13-9-20-8-7-17(13)14(18)21-15(3,4)5/h11-13,16H,7-10H2,1-6H3. The average molecular weight is 334 g/mol. The summed E-state index contributed by atoms with van der Waals surface area (Å²) in [6, 6.07) is 0.0611. The Bertz CT molecular complexity index is 397. The third-order valence-electron chi connectivity index (χ3n) is 3.40. The molecule has 0 saturated carbocycles. The van der Waals surface area contributed by atoms with E-state index < -0.39 is 16.4 Å². The van der Waals surface area contributed by atoms with E-state index in [1.54, 1.807) is 11.2 Å². The highest BCUT2D eigenvalue weighted by Crippen LogP contribution is 2.17. The molecule has 1 N–H and O–H groups in total. The third kappa shape index (κ3) is 6.62. The van der Waals surface area contributed by atoms with Gasteiger partial charge in [0.15, 0.2) is 0 Å². The quantitative estimate of drug-likeness (QED) is 0.822. The smallest absolute Gasteiger partial charge is 0.410 e. The second kappa shape index (κ2) is 8.26. The zero-order chi connectivity index (χ0) is 16.9. The summed E-state index contributed by atoms with van der Waals surface area (Å²) in [5.74, 6) is 0.588. The van der Waals surface area contributed by atoms with Crippen LogP contribution in [0.25, 0.3) is 0 Å². The molecule has 1 aliphatic rings. The Balaban J connectivity index is 2.67. The first kappa shape index (κ1) is 19.4. The van der Waals surface area contributed by atoms with Gasteiger partial charge in [-0.2, -0.15) is 0 Å². The van der Waals surface area contributed by atoms with Gasteiger partial charge in [0.05, 0.1) is 19.3 Å². The minimum absolute atomic E-state index is 0.0337. The Morgan fingerprint density at radius 3 is 2.64 bits per heavy atom. The molecule has 1 amide bonds. The van der Waals surface area contributed by atoms with Crippen molar-refractivity contribution in [3.05, 3.63) is 0 Å². The molecule has 1 aliphatic heterocycles. The number of carbonyl (C=O) groups excluding carboxylic acids is 1. The predicted molar refractivity (Wildman–Crippen MR) is 88.5 cm³/mol. The molecule has 7 heteroatoms. The third-order valence-corrected chi connectivity index (χ3v) is 4.37. The Hall–Kier alpha value is -0.660. The molecule has 130 valence electrons. The lowest BCUT2D eigenvalue weighted by Crippen LogP contribution is -2.59. The van der Waals surface area contributed by atoms with Crippen molar-refractivity contribution in [1.82, 2.24) is 10.2 Å². The van der Waals surface area contributed by atoms with Crippen LogP contribution in [0, 0.1) is 0 Å². The Labute approximate surface area is 136 Å². The molecule has 0 aliphatic carbocycles. The second-order valence-corrected chi connectivity index (χ2v) is 8.39. The fourth-order valence-corrected chi connectivity index (χ4v) is 3.34. The maximum Gasteiger partial charge on any atom is 0.410 e. The lowest BCUT2D eigenvalue weighted by Gasteiger charge is -2.40. The minimum Gasteiger partial charge on any atom is -0.444 e. The summed E-state index contributed by atoms with van der Waals surface area (Å²) in [5, 5.41) is 3.41. The molecule has 0 spiro atoms. The molecule has 1 saturated heterocycles. The van der Waals surface area contributed by atoms with Gasteiger partial charge in [-0.15, -0.1) is 0 Å². The molecule has 0 aromatic rings. The van der Waals surface area contributed by atoms with Crippen molar-refractivity contribution < 1.29 is 18.5 Å². The van der Waals surface area contributed by atoms with E-state index in [-0.39, 0.29) is 24.2 Å². The van der Waals surface area contributed by atoms with Crippen molar-refractivity contribution in [3.63, 3.8) is 0 Å². The molecule has 4 unspecified atom stereocenters. The van der Waals surface area contributed by atoms with E-state index in [9.17, 15) is 9.00 Å². The van der Waals surface area contributed by atoms with Crippen LogP contribution < -0.4 is 5.32 Å². The van der Waals surface area contributed by atoms with Gasteiger partial charge in [-0.05, 0) is 34.6 Å². The van der Waals surface area contributed by atoms with Crippen molar-refractivity contribution in [2.75, 3.05) is 31.8 Å². The first-order valence-corrected chi connectivity index (χ1v) is 9.46. The molecule has 22 heavy (non-hydrogen) atoms. The highest BCUT2D eigenvalue weighted by atomic mass is 32.2. The van der Waals surface area contributed by atoms with Gasteiger partial charge in [0.1, 0.15) is 5.60 Å². The highest BCUT2D eigenvalue weighted by molar-refractivity contribution is 7.84. The summed E-state index contributed by atoms with van der Waals surface area (Å²) in [6.45, 7) is 11.1. The van der Waals surface area contributed by atoms with Crippen molar-refractivity contribution in [2.45, 2.75) is 58.3 Å². The molecular weight excluding hydrogens is 304 g/mol. The highest BCUT2D eigenvalue weighted by Gasteiger charge is 2.34. The average Bonchev–Trinajstić information content (AvgIpc) is 2.35. The molecule has 0 radical (unpaired) electrons. The van der Waals surface area contributed by atoms with Crippen LogP contribution in [0.15, 0.2) is 0 Å². The van der Waals surface area contributed by atoms with E-state index in [1.807, 2.05) is 34.6 Å². The first-order chi connectivity index (χ1) is 10.1. The summed E-state index contributed by atoms with van der Waals surface area (Å²) >= 11 is 0. The Morgan fingerprint density at radius 1 is 1.45 bits per heavy atom. The summed E-state index contributed by atoms with van der Waals surface area (Å²) in [7, 11) is -0.847. The number of nitrogens with zero attached hydrogens (tertiary/aromatic N) is 1. The molecule has 4 atom stereocenters. The Morgan fingerprint density at radius 2 is 2.09 bits per heavy atom. The van der Waals surface area contributed by atoms with Crippen LogP contribution in [-0.2, 0) is 20.3 Å². The van der Waals surface area contributed by atoms with Crippen LogP contribution in [0.1, 0.15) is 34.6 Å².